The summed E-state index contributed by atoms with van der Waals surface area (Å²) in [7, 11) is 0.524. The van der Waals surface area contributed by atoms with Crippen molar-refractivity contribution in [2.24, 2.45) is 5.73 Å². The van der Waals surface area contributed by atoms with Crippen LogP contribution in [0.1, 0.15) is 0 Å². The van der Waals surface area contributed by atoms with E-state index in [4.69, 9.17) is 0 Å². The van der Waals surface area contributed by atoms with Crippen molar-refractivity contribution in [3.63, 3.8) is 0 Å². The first kappa shape index (κ1) is 4.49. The van der Waals surface area contributed by atoms with Crippen LogP contribution in [0.5, 0.6) is 0 Å². The molecular formula is CH5N2OSi. The first-order valence-corrected chi connectivity index (χ1v) is 2.06. The molecule has 0 saturated carbocycles. The van der Waals surface area contributed by atoms with E-state index in [0.29, 0.717) is 10.4 Å². The molecule has 2 N–H and O–H groups in total. The second kappa shape index (κ2) is 1.77. The molecule has 0 aromatic rings. The Kier molecular flexibility index (Phi) is 1.59. The molecule has 0 aliphatic carbocycles. The Morgan fingerprint density at radius 2 is 2.20 bits per heavy atom. The zero-order chi connectivity index (χ0) is 4.28. The number of nitrogens with zero attached hydrogens (tertiary/aromatic N) is 1. The van der Waals surface area contributed by atoms with Gasteiger partial charge in [0.15, 0.2) is 0 Å². The maximum absolute atomic E-state index is 9.46. The second-order valence-corrected chi connectivity index (χ2v) is 1.01. The molecule has 1 radical (unpaired) electrons. The fourth-order valence-corrected chi connectivity index (χ4v) is 0. The van der Waals surface area contributed by atoms with E-state index in [1.54, 1.807) is 0 Å². The average Bonchev–Trinajstić information content (AvgIpc) is 1.38. The minimum atomic E-state index is -0.559. The Hall–Kier alpha value is -0.513. The topological polar surface area (TPSA) is 57.2 Å². The van der Waals surface area contributed by atoms with Gasteiger partial charge in [-0.2, -0.15) is 0 Å². The maximum Gasteiger partial charge on any atom is 0.323 e. The van der Waals surface area contributed by atoms with Crippen molar-refractivity contribution in [2.75, 3.05) is 0 Å². The summed E-state index contributed by atoms with van der Waals surface area (Å²) in [6, 6.07) is -0.559. The van der Waals surface area contributed by atoms with Crippen molar-refractivity contribution in [3.05, 3.63) is 0 Å². The highest BCUT2D eigenvalue weighted by molar-refractivity contribution is 6.13. The molecule has 0 bridgehead atoms. The van der Waals surface area contributed by atoms with Crippen LogP contribution in [-0.4, -0.2) is 16.4 Å². The van der Waals surface area contributed by atoms with Crippen LogP contribution in [0.15, 0.2) is 0 Å². The Labute approximate surface area is 33.0 Å². The van der Waals surface area contributed by atoms with E-state index >= 15 is 0 Å². The number of carbonyl (C=O) groups is 1. The smallest absolute Gasteiger partial charge is 0.323 e. The minimum Gasteiger partial charge on any atom is -0.351 e. The molecule has 3 nitrogen and oxygen atoms in total. The highest BCUT2D eigenvalue weighted by Crippen LogP contribution is 1.42. The van der Waals surface area contributed by atoms with Crippen molar-refractivity contribution >= 4 is 16.4 Å². The molecule has 0 saturated heterocycles. The number of hydrogen-bond acceptors (Lipinski definition) is 1. The van der Waals surface area contributed by atoms with Gasteiger partial charge in [-0.15, -0.1) is 0 Å². The third kappa shape index (κ3) is 3.49. The SMILES string of the molecule is NC(=O)[N][SiH3]. The van der Waals surface area contributed by atoms with Crippen LogP contribution in [0.2, 0.25) is 0 Å². The Morgan fingerprint density at radius 1 is 2.00 bits per heavy atom. The number of primary amides is 1. The van der Waals surface area contributed by atoms with E-state index in [9.17, 15) is 4.79 Å². The van der Waals surface area contributed by atoms with Crippen molar-refractivity contribution in [3.8, 4) is 0 Å². The van der Waals surface area contributed by atoms with Gasteiger partial charge in [-0.1, -0.05) is 0 Å². The van der Waals surface area contributed by atoms with Crippen LogP contribution in [0, 0.1) is 0 Å². The standard InChI is InChI=1S/CH5N2OSi/c2-1(4)3-5/h5H3,(H2,2,4). The monoisotopic (exact) mass is 89.0 g/mol. The Balaban J connectivity index is 2.85. The van der Waals surface area contributed by atoms with Crippen LogP contribution < -0.4 is 10.7 Å². The minimum absolute atomic E-state index is 0.524. The van der Waals surface area contributed by atoms with Crippen LogP contribution in [0.4, 0.5) is 4.79 Å². The van der Waals surface area contributed by atoms with Crippen LogP contribution in [-0.2, 0) is 0 Å². The number of carbonyl (C=O) groups excluding carboxylic acids is 1. The molecule has 0 heterocycles. The van der Waals surface area contributed by atoms with Crippen LogP contribution in [0.25, 0.3) is 0 Å². The van der Waals surface area contributed by atoms with Gasteiger partial charge in [0.25, 0.3) is 0 Å². The van der Waals surface area contributed by atoms with Gasteiger partial charge in [0.05, 0.1) is 0 Å². The quantitative estimate of drug-likeness (QED) is 0.341. The number of amides is 2. The van der Waals surface area contributed by atoms with Gasteiger partial charge in [-0.05, 0) is 0 Å². The molecule has 0 aliphatic heterocycles. The van der Waals surface area contributed by atoms with Gasteiger partial charge >= 0.3 is 6.03 Å². The van der Waals surface area contributed by atoms with Crippen molar-refractivity contribution in [1.29, 1.82) is 0 Å². The molecule has 4 heteroatoms. The van der Waals surface area contributed by atoms with Crippen LogP contribution in [0.3, 0.4) is 0 Å². The van der Waals surface area contributed by atoms with E-state index in [0.717, 1.165) is 0 Å². The zero-order valence-electron chi connectivity index (χ0n) is 2.93. The summed E-state index contributed by atoms with van der Waals surface area (Å²) >= 11 is 0. The summed E-state index contributed by atoms with van der Waals surface area (Å²) in [5.41, 5.74) is 4.52. The number of rotatable bonds is 0. The predicted molar refractivity (Wildman–Crippen MR) is 21.7 cm³/mol. The van der Waals surface area contributed by atoms with E-state index in [2.05, 4.69) is 10.7 Å². The van der Waals surface area contributed by atoms with E-state index in [1.165, 1.54) is 0 Å². The molecule has 5 heavy (non-hydrogen) atoms. The van der Waals surface area contributed by atoms with Gasteiger partial charge < -0.3 is 5.73 Å². The predicted octanol–water partition coefficient (Wildman–Crippen LogP) is -2.05. The summed E-state index contributed by atoms with van der Waals surface area (Å²) in [5, 5.41) is 0. The summed E-state index contributed by atoms with van der Waals surface area (Å²) in [5.74, 6) is 0. The van der Waals surface area contributed by atoms with E-state index in [-0.39, 0.29) is 0 Å². The molecule has 0 atom stereocenters. The lowest BCUT2D eigenvalue weighted by Gasteiger charge is -1.76. The van der Waals surface area contributed by atoms with Crippen molar-refractivity contribution in [2.45, 2.75) is 0 Å². The second-order valence-electron chi connectivity index (χ2n) is 0.562. The fraction of sp³-hybridized carbons (Fsp3) is 0. The van der Waals surface area contributed by atoms with Gasteiger partial charge in [-0.3, -0.25) is 4.98 Å². The summed E-state index contributed by atoms with van der Waals surface area (Å²) in [6.07, 6.45) is 0. The maximum atomic E-state index is 9.46. The Morgan fingerprint density at radius 3 is 2.20 bits per heavy atom. The molecule has 0 rings (SSSR count). The number of hydrogen-bond donors (Lipinski definition) is 1. The molecule has 0 unspecified atom stereocenters. The molecule has 0 aliphatic rings. The third-order valence-electron chi connectivity index (χ3n) is 0.220. The zero-order valence-corrected chi connectivity index (χ0v) is 4.93. The van der Waals surface area contributed by atoms with Gasteiger partial charge in [0, 0.05) is 0 Å². The molecule has 29 valence electrons. The summed E-state index contributed by atoms with van der Waals surface area (Å²) in [4.78, 5) is 12.6. The molecule has 0 aromatic carbocycles. The normalized spacial score (nSPS) is 7.20. The van der Waals surface area contributed by atoms with Crippen molar-refractivity contribution < 1.29 is 4.79 Å². The van der Waals surface area contributed by atoms with Gasteiger partial charge in [-0.25, -0.2) is 4.79 Å². The molecular weight excluding hydrogens is 84.1 g/mol. The summed E-state index contributed by atoms with van der Waals surface area (Å²) < 4.78 is 0. The van der Waals surface area contributed by atoms with Gasteiger partial charge in [0.2, 0.25) is 0 Å². The third-order valence-corrected chi connectivity index (χ3v) is 0.661. The first-order valence-electron chi connectivity index (χ1n) is 1.16. The summed E-state index contributed by atoms with van der Waals surface area (Å²) in [6.45, 7) is 0. The number of urea groups is 1. The molecule has 2 amide bonds. The van der Waals surface area contributed by atoms with E-state index in [1.807, 2.05) is 0 Å². The largest absolute Gasteiger partial charge is 0.351 e. The highest BCUT2D eigenvalue weighted by Gasteiger charge is 1.76. The lowest BCUT2D eigenvalue weighted by atomic mass is 11.2. The average molecular weight is 89.2 g/mol. The molecule has 0 aromatic heterocycles. The van der Waals surface area contributed by atoms with Crippen LogP contribution >= 0.6 is 0 Å². The highest BCUT2D eigenvalue weighted by atomic mass is 28.2. The molecule has 0 spiro atoms. The fourth-order valence-electron chi connectivity index (χ4n) is 0. The Bertz CT molecular complexity index is 44.9. The van der Waals surface area contributed by atoms with Gasteiger partial charge in [0.1, 0.15) is 10.4 Å². The van der Waals surface area contributed by atoms with E-state index < -0.39 is 6.03 Å². The first-order chi connectivity index (χ1) is 2.27. The molecule has 0 fully saturated rings. The number of nitrogens with two attached hydrogens (primary N) is 1. The lowest BCUT2D eigenvalue weighted by molar-refractivity contribution is 0.253. The lowest BCUT2D eigenvalue weighted by Crippen LogP contribution is -2.19. The van der Waals surface area contributed by atoms with Crippen molar-refractivity contribution in [1.82, 2.24) is 4.98 Å².